The van der Waals surface area contributed by atoms with E-state index in [1.54, 1.807) is 25.1 Å². The van der Waals surface area contributed by atoms with Crippen molar-refractivity contribution in [2.75, 3.05) is 6.61 Å². The molecule has 0 bridgehead atoms. The fourth-order valence-electron chi connectivity index (χ4n) is 1.04. The van der Waals surface area contributed by atoms with Crippen LogP contribution in [0.15, 0.2) is 30.3 Å². The van der Waals surface area contributed by atoms with Crippen LogP contribution in [-0.2, 0) is 0 Å². The Balaban J connectivity index is 2.61. The summed E-state index contributed by atoms with van der Waals surface area (Å²) in [5.41, 5.74) is 0.986. The standard InChI is InChI=1S/C12H13NO2/c1-10(14)2-3-11-4-6-12(7-5-11)15-9-8-13/h2-7,10,14H,9H2,1H3/b3-2+. The Kier molecular flexibility index (Phi) is 4.39. The molecule has 0 saturated carbocycles. The molecule has 1 rings (SSSR count). The molecule has 78 valence electrons. The minimum absolute atomic E-state index is 0.0584. The number of aliphatic hydroxyl groups excluding tert-OH is 1. The van der Waals surface area contributed by atoms with Crippen molar-refractivity contribution in [2.45, 2.75) is 13.0 Å². The van der Waals surface area contributed by atoms with Crippen molar-refractivity contribution in [2.24, 2.45) is 0 Å². The summed E-state index contributed by atoms with van der Waals surface area (Å²) in [5, 5.41) is 17.4. The number of aliphatic hydroxyl groups is 1. The van der Waals surface area contributed by atoms with Crippen LogP contribution in [0.1, 0.15) is 12.5 Å². The first-order valence-electron chi connectivity index (χ1n) is 4.68. The summed E-state index contributed by atoms with van der Waals surface area (Å²) in [4.78, 5) is 0. The van der Waals surface area contributed by atoms with Gasteiger partial charge in [-0.1, -0.05) is 24.3 Å². The Morgan fingerprint density at radius 1 is 1.47 bits per heavy atom. The molecule has 3 nitrogen and oxygen atoms in total. The molecule has 1 N–H and O–H groups in total. The van der Waals surface area contributed by atoms with Gasteiger partial charge >= 0.3 is 0 Å². The van der Waals surface area contributed by atoms with E-state index in [9.17, 15) is 0 Å². The number of hydrogen-bond acceptors (Lipinski definition) is 3. The van der Waals surface area contributed by atoms with E-state index < -0.39 is 6.10 Å². The van der Waals surface area contributed by atoms with Crippen LogP contribution in [0, 0.1) is 11.3 Å². The minimum Gasteiger partial charge on any atom is -0.479 e. The van der Waals surface area contributed by atoms with Crippen molar-refractivity contribution >= 4 is 6.08 Å². The maximum absolute atomic E-state index is 9.04. The normalized spacial score (nSPS) is 12.3. The molecule has 1 aromatic carbocycles. The lowest BCUT2D eigenvalue weighted by molar-refractivity contribution is 0.245. The molecular formula is C12H13NO2. The Hall–Kier alpha value is -1.79. The Labute approximate surface area is 89.2 Å². The predicted octanol–water partition coefficient (Wildman–Crippen LogP) is 1.98. The first-order valence-corrected chi connectivity index (χ1v) is 4.68. The van der Waals surface area contributed by atoms with Crippen molar-refractivity contribution in [1.82, 2.24) is 0 Å². The van der Waals surface area contributed by atoms with Gasteiger partial charge in [0.1, 0.15) is 11.8 Å². The van der Waals surface area contributed by atoms with Gasteiger partial charge in [0.2, 0.25) is 0 Å². The zero-order valence-corrected chi connectivity index (χ0v) is 8.55. The molecule has 0 amide bonds. The van der Waals surface area contributed by atoms with Crippen LogP contribution in [0.2, 0.25) is 0 Å². The molecule has 3 heteroatoms. The first kappa shape index (κ1) is 11.3. The summed E-state index contributed by atoms with van der Waals surface area (Å²) >= 11 is 0. The van der Waals surface area contributed by atoms with Gasteiger partial charge in [-0.05, 0) is 24.6 Å². The molecule has 0 aliphatic rings. The fourth-order valence-corrected chi connectivity index (χ4v) is 1.04. The number of nitrogens with zero attached hydrogens (tertiary/aromatic N) is 1. The molecule has 1 atom stereocenters. The van der Waals surface area contributed by atoms with Gasteiger partial charge in [-0.3, -0.25) is 0 Å². The van der Waals surface area contributed by atoms with Crippen LogP contribution in [-0.4, -0.2) is 17.8 Å². The first-order chi connectivity index (χ1) is 7.22. The fraction of sp³-hybridized carbons (Fsp3) is 0.250. The number of rotatable bonds is 4. The van der Waals surface area contributed by atoms with E-state index in [0.29, 0.717) is 5.75 Å². The van der Waals surface area contributed by atoms with Crippen molar-refractivity contribution in [3.8, 4) is 11.8 Å². The third kappa shape index (κ3) is 4.30. The highest BCUT2D eigenvalue weighted by Crippen LogP contribution is 2.13. The average molecular weight is 203 g/mol. The molecule has 15 heavy (non-hydrogen) atoms. The molecule has 1 unspecified atom stereocenters. The maximum Gasteiger partial charge on any atom is 0.174 e. The Morgan fingerprint density at radius 3 is 2.67 bits per heavy atom. The summed E-state index contributed by atoms with van der Waals surface area (Å²) in [7, 11) is 0. The minimum atomic E-state index is -0.445. The van der Waals surface area contributed by atoms with Gasteiger partial charge in [-0.2, -0.15) is 5.26 Å². The summed E-state index contributed by atoms with van der Waals surface area (Å²) in [6, 6.07) is 9.22. The van der Waals surface area contributed by atoms with Crippen LogP contribution in [0.3, 0.4) is 0 Å². The lowest BCUT2D eigenvalue weighted by Gasteiger charge is -2.01. The summed E-state index contributed by atoms with van der Waals surface area (Å²) < 4.78 is 5.10. The highest BCUT2D eigenvalue weighted by Gasteiger charge is 1.93. The molecular weight excluding hydrogens is 190 g/mol. The van der Waals surface area contributed by atoms with Crippen molar-refractivity contribution in [3.05, 3.63) is 35.9 Å². The average Bonchev–Trinajstić information content (AvgIpc) is 2.25. The lowest BCUT2D eigenvalue weighted by Crippen LogP contribution is -1.93. The van der Waals surface area contributed by atoms with Gasteiger partial charge in [0.15, 0.2) is 6.61 Å². The van der Waals surface area contributed by atoms with Gasteiger partial charge in [0.05, 0.1) is 6.10 Å². The molecule has 0 aromatic heterocycles. The van der Waals surface area contributed by atoms with Crippen LogP contribution in [0.5, 0.6) is 5.75 Å². The van der Waals surface area contributed by atoms with Crippen molar-refractivity contribution < 1.29 is 9.84 Å². The van der Waals surface area contributed by atoms with Crippen LogP contribution in [0.25, 0.3) is 6.08 Å². The maximum atomic E-state index is 9.04. The van der Waals surface area contributed by atoms with Gasteiger partial charge in [-0.15, -0.1) is 0 Å². The van der Waals surface area contributed by atoms with Crippen LogP contribution < -0.4 is 4.74 Å². The molecule has 0 aliphatic heterocycles. The van der Waals surface area contributed by atoms with E-state index in [0.717, 1.165) is 5.56 Å². The number of ether oxygens (including phenoxy) is 1. The van der Waals surface area contributed by atoms with E-state index >= 15 is 0 Å². The molecule has 0 fully saturated rings. The summed E-state index contributed by atoms with van der Waals surface area (Å²) in [5.74, 6) is 0.672. The third-order valence-corrected chi connectivity index (χ3v) is 1.75. The van der Waals surface area contributed by atoms with Crippen molar-refractivity contribution in [3.63, 3.8) is 0 Å². The monoisotopic (exact) mass is 203 g/mol. The second kappa shape index (κ2) is 5.84. The zero-order valence-electron chi connectivity index (χ0n) is 8.55. The van der Waals surface area contributed by atoms with E-state index in [-0.39, 0.29) is 6.61 Å². The van der Waals surface area contributed by atoms with Gasteiger partial charge in [0, 0.05) is 0 Å². The van der Waals surface area contributed by atoms with E-state index in [2.05, 4.69) is 0 Å². The predicted molar refractivity (Wildman–Crippen MR) is 58.3 cm³/mol. The van der Waals surface area contributed by atoms with E-state index in [4.69, 9.17) is 15.1 Å². The zero-order chi connectivity index (χ0) is 11.1. The smallest absolute Gasteiger partial charge is 0.174 e. The molecule has 0 spiro atoms. The quantitative estimate of drug-likeness (QED) is 0.814. The van der Waals surface area contributed by atoms with E-state index in [1.807, 2.05) is 24.3 Å². The molecule has 0 heterocycles. The molecule has 1 aromatic rings. The van der Waals surface area contributed by atoms with Crippen LogP contribution in [0.4, 0.5) is 0 Å². The van der Waals surface area contributed by atoms with Gasteiger partial charge < -0.3 is 9.84 Å². The van der Waals surface area contributed by atoms with Crippen molar-refractivity contribution in [1.29, 1.82) is 5.26 Å². The number of hydrogen-bond donors (Lipinski definition) is 1. The van der Waals surface area contributed by atoms with Gasteiger partial charge in [0.25, 0.3) is 0 Å². The number of benzene rings is 1. The highest BCUT2D eigenvalue weighted by atomic mass is 16.5. The summed E-state index contributed by atoms with van der Waals surface area (Å²) in [6.07, 6.45) is 3.09. The molecule has 0 aliphatic carbocycles. The Bertz CT molecular complexity index is 360. The van der Waals surface area contributed by atoms with Crippen LogP contribution >= 0.6 is 0 Å². The third-order valence-electron chi connectivity index (χ3n) is 1.75. The largest absolute Gasteiger partial charge is 0.479 e. The lowest BCUT2D eigenvalue weighted by atomic mass is 10.2. The van der Waals surface area contributed by atoms with Gasteiger partial charge in [-0.25, -0.2) is 0 Å². The highest BCUT2D eigenvalue weighted by molar-refractivity contribution is 5.50. The Morgan fingerprint density at radius 2 is 2.13 bits per heavy atom. The van der Waals surface area contributed by atoms with E-state index in [1.165, 1.54) is 0 Å². The summed E-state index contributed by atoms with van der Waals surface area (Å²) in [6.45, 7) is 1.75. The second-order valence-electron chi connectivity index (χ2n) is 3.12. The molecule has 0 saturated heterocycles. The topological polar surface area (TPSA) is 53.2 Å². The SMILES string of the molecule is CC(O)/C=C/c1ccc(OCC#N)cc1. The second-order valence-corrected chi connectivity index (χ2v) is 3.12. The number of nitriles is 1. The molecule has 0 radical (unpaired) electrons.